The standard InChI is InChI=1S/C21H24ClF3N2O/c1-2-28-17-6-3-5-15(13-17)20(27-11-4-9-26-10-12-27)16-7-8-19(22)18(14-16)21(23,24)25/h3,5-8,13-14,20,26H,2,4,9-12H2,1H3. The average Bonchev–Trinajstić information content (AvgIpc) is 2.92. The van der Waals surface area contributed by atoms with Gasteiger partial charge >= 0.3 is 6.18 Å². The molecule has 0 saturated carbocycles. The fraction of sp³-hybridized carbons (Fsp3) is 0.429. The van der Waals surface area contributed by atoms with Gasteiger partial charge in [-0.15, -0.1) is 0 Å². The molecule has 0 aromatic heterocycles. The fourth-order valence-corrected chi connectivity index (χ4v) is 3.83. The van der Waals surface area contributed by atoms with Crippen molar-refractivity contribution in [2.75, 3.05) is 32.8 Å². The Balaban J connectivity index is 2.07. The Morgan fingerprint density at radius 3 is 2.64 bits per heavy atom. The summed E-state index contributed by atoms with van der Waals surface area (Å²) in [6.45, 7) is 5.66. The largest absolute Gasteiger partial charge is 0.494 e. The van der Waals surface area contributed by atoms with E-state index in [0.29, 0.717) is 17.9 Å². The first-order chi connectivity index (χ1) is 13.4. The molecule has 1 unspecified atom stereocenters. The molecule has 0 amide bonds. The third kappa shape index (κ3) is 4.99. The molecular weight excluding hydrogens is 389 g/mol. The number of hydrogen-bond acceptors (Lipinski definition) is 3. The van der Waals surface area contributed by atoms with Gasteiger partial charge in [-0.1, -0.05) is 29.8 Å². The van der Waals surface area contributed by atoms with Crippen LogP contribution in [0.1, 0.15) is 36.1 Å². The Kier molecular flexibility index (Phi) is 6.86. The summed E-state index contributed by atoms with van der Waals surface area (Å²) in [7, 11) is 0. The summed E-state index contributed by atoms with van der Waals surface area (Å²) in [6, 6.07) is 11.5. The molecule has 1 fully saturated rings. The number of nitrogens with one attached hydrogen (secondary N) is 1. The third-order valence-electron chi connectivity index (χ3n) is 4.84. The molecule has 3 nitrogen and oxygen atoms in total. The van der Waals surface area contributed by atoms with Crippen LogP contribution in [0.4, 0.5) is 13.2 Å². The van der Waals surface area contributed by atoms with Crippen molar-refractivity contribution in [1.82, 2.24) is 10.2 Å². The van der Waals surface area contributed by atoms with Crippen molar-refractivity contribution in [3.05, 3.63) is 64.2 Å². The van der Waals surface area contributed by atoms with Crippen molar-refractivity contribution >= 4 is 11.6 Å². The molecule has 1 atom stereocenters. The van der Waals surface area contributed by atoms with Gasteiger partial charge in [0.05, 0.1) is 23.2 Å². The van der Waals surface area contributed by atoms with Gasteiger partial charge in [0.2, 0.25) is 0 Å². The van der Waals surface area contributed by atoms with Crippen molar-refractivity contribution in [2.24, 2.45) is 0 Å². The number of hydrogen-bond donors (Lipinski definition) is 1. The van der Waals surface area contributed by atoms with E-state index in [2.05, 4.69) is 10.2 Å². The second-order valence-corrected chi connectivity index (χ2v) is 7.19. The van der Waals surface area contributed by atoms with Crippen molar-refractivity contribution in [1.29, 1.82) is 0 Å². The summed E-state index contributed by atoms with van der Waals surface area (Å²) in [6.07, 6.45) is -3.56. The van der Waals surface area contributed by atoms with E-state index in [0.717, 1.165) is 38.2 Å². The topological polar surface area (TPSA) is 24.5 Å². The fourth-order valence-electron chi connectivity index (χ4n) is 3.61. The zero-order valence-electron chi connectivity index (χ0n) is 15.7. The van der Waals surface area contributed by atoms with Crippen LogP contribution in [0.3, 0.4) is 0 Å². The first-order valence-corrected chi connectivity index (χ1v) is 9.82. The molecule has 2 aromatic rings. The zero-order chi connectivity index (χ0) is 20.1. The highest BCUT2D eigenvalue weighted by molar-refractivity contribution is 6.31. The van der Waals surface area contributed by atoms with Crippen LogP contribution >= 0.6 is 11.6 Å². The van der Waals surface area contributed by atoms with Gasteiger partial charge in [0.25, 0.3) is 0 Å². The van der Waals surface area contributed by atoms with Crippen LogP contribution in [0.15, 0.2) is 42.5 Å². The molecule has 1 aliphatic rings. The van der Waals surface area contributed by atoms with Gasteiger partial charge in [0.15, 0.2) is 0 Å². The Morgan fingerprint density at radius 1 is 1.11 bits per heavy atom. The number of benzene rings is 2. The lowest BCUT2D eigenvalue weighted by atomic mass is 9.95. The van der Waals surface area contributed by atoms with Crippen LogP contribution in [0.25, 0.3) is 0 Å². The SMILES string of the molecule is CCOc1cccc(C(c2ccc(Cl)c(C(F)(F)F)c2)N2CCCNCC2)c1. The second-order valence-electron chi connectivity index (χ2n) is 6.78. The van der Waals surface area contributed by atoms with Gasteiger partial charge in [-0.2, -0.15) is 13.2 Å². The monoisotopic (exact) mass is 412 g/mol. The predicted molar refractivity (Wildman–Crippen MR) is 105 cm³/mol. The maximum Gasteiger partial charge on any atom is 0.417 e. The van der Waals surface area contributed by atoms with Crippen LogP contribution in [0.5, 0.6) is 5.75 Å². The maximum absolute atomic E-state index is 13.4. The molecule has 0 radical (unpaired) electrons. The Morgan fingerprint density at radius 2 is 1.89 bits per heavy atom. The average molecular weight is 413 g/mol. The summed E-state index contributed by atoms with van der Waals surface area (Å²) in [5.41, 5.74) is 0.682. The van der Waals surface area contributed by atoms with Crippen molar-refractivity contribution in [2.45, 2.75) is 25.6 Å². The summed E-state index contributed by atoms with van der Waals surface area (Å²) in [5, 5.41) is 3.06. The van der Waals surface area contributed by atoms with Crippen molar-refractivity contribution in [3.63, 3.8) is 0 Å². The van der Waals surface area contributed by atoms with Gasteiger partial charge < -0.3 is 10.1 Å². The van der Waals surface area contributed by atoms with E-state index in [1.165, 1.54) is 12.1 Å². The van der Waals surface area contributed by atoms with Crippen molar-refractivity contribution < 1.29 is 17.9 Å². The number of halogens is 4. The Hall–Kier alpha value is -1.76. The minimum absolute atomic E-state index is 0.282. The summed E-state index contributed by atoms with van der Waals surface area (Å²) < 4.78 is 45.9. The smallest absolute Gasteiger partial charge is 0.417 e. The molecular formula is C21H24ClF3N2O. The number of nitrogens with zero attached hydrogens (tertiary/aromatic N) is 1. The summed E-state index contributed by atoms with van der Waals surface area (Å²) in [4.78, 5) is 2.22. The third-order valence-corrected chi connectivity index (χ3v) is 5.17. The van der Waals surface area contributed by atoms with E-state index < -0.39 is 11.7 Å². The molecule has 1 N–H and O–H groups in total. The highest BCUT2D eigenvalue weighted by Gasteiger charge is 2.34. The van der Waals surface area contributed by atoms with E-state index >= 15 is 0 Å². The molecule has 0 spiro atoms. The highest BCUT2D eigenvalue weighted by Crippen LogP contribution is 2.39. The van der Waals surface area contributed by atoms with E-state index in [1.54, 1.807) is 6.07 Å². The lowest BCUT2D eigenvalue weighted by molar-refractivity contribution is -0.137. The first-order valence-electron chi connectivity index (χ1n) is 9.44. The predicted octanol–water partition coefficient (Wildman–Crippen LogP) is 5.14. The van der Waals surface area contributed by atoms with E-state index in [-0.39, 0.29) is 11.1 Å². The lowest BCUT2D eigenvalue weighted by Gasteiger charge is -2.32. The second kappa shape index (κ2) is 9.16. The minimum Gasteiger partial charge on any atom is -0.494 e. The van der Waals surface area contributed by atoms with Gasteiger partial charge in [0, 0.05) is 19.6 Å². The first kappa shape index (κ1) is 21.0. The summed E-state index contributed by atoms with van der Waals surface area (Å²) in [5.74, 6) is 0.711. The molecule has 0 aliphatic carbocycles. The number of alkyl halides is 3. The molecule has 0 bridgehead atoms. The van der Waals surface area contributed by atoms with Crippen LogP contribution in [0.2, 0.25) is 5.02 Å². The highest BCUT2D eigenvalue weighted by atomic mass is 35.5. The quantitative estimate of drug-likeness (QED) is 0.735. The molecule has 3 rings (SSSR count). The molecule has 152 valence electrons. The van der Waals surface area contributed by atoms with E-state index in [1.807, 2.05) is 31.2 Å². The van der Waals surface area contributed by atoms with Crippen LogP contribution < -0.4 is 10.1 Å². The normalized spacial score (nSPS) is 17.2. The van der Waals surface area contributed by atoms with Gasteiger partial charge in [-0.25, -0.2) is 0 Å². The van der Waals surface area contributed by atoms with Gasteiger partial charge in [-0.05, 0) is 55.3 Å². The van der Waals surface area contributed by atoms with E-state index in [4.69, 9.17) is 16.3 Å². The maximum atomic E-state index is 13.4. The van der Waals surface area contributed by atoms with Gasteiger partial charge in [-0.3, -0.25) is 4.90 Å². The van der Waals surface area contributed by atoms with Crippen LogP contribution in [-0.2, 0) is 6.18 Å². The van der Waals surface area contributed by atoms with Crippen LogP contribution in [0, 0.1) is 0 Å². The van der Waals surface area contributed by atoms with Gasteiger partial charge in [0.1, 0.15) is 5.75 Å². The Labute approximate surface area is 168 Å². The molecule has 1 aliphatic heterocycles. The zero-order valence-corrected chi connectivity index (χ0v) is 16.5. The molecule has 28 heavy (non-hydrogen) atoms. The Bertz CT molecular complexity index is 789. The minimum atomic E-state index is -4.49. The molecule has 1 heterocycles. The number of rotatable bonds is 5. The van der Waals surface area contributed by atoms with Crippen molar-refractivity contribution in [3.8, 4) is 5.75 Å². The van der Waals surface area contributed by atoms with Crippen LogP contribution in [-0.4, -0.2) is 37.7 Å². The molecule has 1 saturated heterocycles. The molecule has 7 heteroatoms. The number of ether oxygens (including phenoxy) is 1. The summed E-state index contributed by atoms with van der Waals surface area (Å²) >= 11 is 5.85. The van der Waals surface area contributed by atoms with E-state index in [9.17, 15) is 13.2 Å². The molecule has 2 aromatic carbocycles. The lowest BCUT2D eigenvalue weighted by Crippen LogP contribution is -2.33.